The van der Waals surface area contributed by atoms with Gasteiger partial charge in [-0.25, -0.2) is 0 Å². The zero-order chi connectivity index (χ0) is 11.5. The first-order valence-electron chi connectivity index (χ1n) is 6.08. The van der Waals surface area contributed by atoms with Crippen LogP contribution in [0.2, 0.25) is 0 Å². The first kappa shape index (κ1) is 11.5. The average Bonchev–Trinajstić information content (AvgIpc) is 2.26. The van der Waals surface area contributed by atoms with Gasteiger partial charge in [0, 0.05) is 13.1 Å². The summed E-state index contributed by atoms with van der Waals surface area (Å²) < 4.78 is 5.75. The van der Waals surface area contributed by atoms with Gasteiger partial charge in [0.15, 0.2) is 0 Å². The zero-order valence-electron chi connectivity index (χ0n) is 10.5. The van der Waals surface area contributed by atoms with Crippen molar-refractivity contribution in [3.8, 4) is 5.75 Å². The third kappa shape index (κ3) is 2.76. The fourth-order valence-corrected chi connectivity index (χ4v) is 2.02. The lowest BCUT2D eigenvalue weighted by Crippen LogP contribution is -2.26. The van der Waals surface area contributed by atoms with Gasteiger partial charge in [0.25, 0.3) is 0 Å². The van der Waals surface area contributed by atoms with Crippen LogP contribution in [0.1, 0.15) is 25.0 Å². The van der Waals surface area contributed by atoms with Crippen LogP contribution in [0.25, 0.3) is 0 Å². The Bertz CT molecular complexity index is 360. The van der Waals surface area contributed by atoms with Crippen LogP contribution in [0.4, 0.5) is 0 Å². The lowest BCUT2D eigenvalue weighted by Gasteiger charge is -2.25. The molecule has 1 aromatic rings. The second-order valence-corrected chi connectivity index (χ2v) is 5.12. The van der Waals surface area contributed by atoms with E-state index in [0.29, 0.717) is 5.92 Å². The standard InChI is InChI=1S/C14H21NO/c1-11(2)10-16-14-5-4-13-9-15(3)7-6-12(13)8-14/h4-5,8,11H,6-7,9-10H2,1-3H3. The Morgan fingerprint density at radius 3 is 2.88 bits per heavy atom. The molecule has 88 valence electrons. The van der Waals surface area contributed by atoms with E-state index in [0.717, 1.165) is 31.9 Å². The van der Waals surface area contributed by atoms with Crippen LogP contribution >= 0.6 is 0 Å². The van der Waals surface area contributed by atoms with Crippen LogP contribution < -0.4 is 4.74 Å². The van der Waals surface area contributed by atoms with Crippen molar-refractivity contribution in [3.05, 3.63) is 29.3 Å². The molecule has 1 heterocycles. The molecule has 0 saturated carbocycles. The highest BCUT2D eigenvalue weighted by molar-refractivity contribution is 5.37. The lowest BCUT2D eigenvalue weighted by molar-refractivity contribution is 0.269. The van der Waals surface area contributed by atoms with Gasteiger partial charge < -0.3 is 9.64 Å². The number of hydrogen-bond acceptors (Lipinski definition) is 2. The van der Waals surface area contributed by atoms with Gasteiger partial charge in [0.2, 0.25) is 0 Å². The minimum atomic E-state index is 0.585. The highest BCUT2D eigenvalue weighted by Gasteiger charge is 2.13. The molecule has 0 saturated heterocycles. The van der Waals surface area contributed by atoms with E-state index in [9.17, 15) is 0 Å². The molecule has 0 aliphatic carbocycles. The summed E-state index contributed by atoms with van der Waals surface area (Å²) in [5.41, 5.74) is 2.91. The molecular weight excluding hydrogens is 198 g/mol. The Morgan fingerprint density at radius 1 is 1.31 bits per heavy atom. The Hall–Kier alpha value is -1.02. The molecule has 0 atom stereocenters. The molecule has 16 heavy (non-hydrogen) atoms. The van der Waals surface area contributed by atoms with Crippen LogP contribution in [0, 0.1) is 5.92 Å². The van der Waals surface area contributed by atoms with E-state index in [4.69, 9.17) is 4.74 Å². The van der Waals surface area contributed by atoms with E-state index in [1.165, 1.54) is 11.1 Å². The average molecular weight is 219 g/mol. The summed E-state index contributed by atoms with van der Waals surface area (Å²) in [5.74, 6) is 1.61. The fraction of sp³-hybridized carbons (Fsp3) is 0.571. The largest absolute Gasteiger partial charge is 0.493 e. The monoisotopic (exact) mass is 219 g/mol. The lowest BCUT2D eigenvalue weighted by atomic mass is 10.00. The number of fused-ring (bicyclic) bond motifs is 1. The zero-order valence-corrected chi connectivity index (χ0v) is 10.5. The van der Waals surface area contributed by atoms with Crippen LogP contribution in [-0.2, 0) is 13.0 Å². The smallest absolute Gasteiger partial charge is 0.119 e. The molecule has 0 bridgehead atoms. The Kier molecular flexibility index (Phi) is 3.49. The maximum absolute atomic E-state index is 5.75. The van der Waals surface area contributed by atoms with Crippen LogP contribution in [-0.4, -0.2) is 25.1 Å². The Morgan fingerprint density at radius 2 is 2.12 bits per heavy atom. The van der Waals surface area contributed by atoms with Crippen LogP contribution in [0.5, 0.6) is 5.75 Å². The number of rotatable bonds is 3. The number of benzene rings is 1. The summed E-state index contributed by atoms with van der Waals surface area (Å²) in [5, 5.41) is 0. The SMILES string of the molecule is CC(C)COc1ccc2c(c1)CCN(C)C2. The predicted molar refractivity (Wildman–Crippen MR) is 66.8 cm³/mol. The van der Waals surface area contributed by atoms with Gasteiger partial charge in [0.05, 0.1) is 6.61 Å². The van der Waals surface area contributed by atoms with Crippen LogP contribution in [0.3, 0.4) is 0 Å². The van der Waals surface area contributed by atoms with Gasteiger partial charge in [-0.3, -0.25) is 0 Å². The van der Waals surface area contributed by atoms with E-state index in [-0.39, 0.29) is 0 Å². The summed E-state index contributed by atoms with van der Waals surface area (Å²) in [6.07, 6.45) is 1.14. The number of ether oxygens (including phenoxy) is 1. The van der Waals surface area contributed by atoms with Crippen molar-refractivity contribution >= 4 is 0 Å². The molecular formula is C14H21NO. The second kappa shape index (κ2) is 4.88. The van der Waals surface area contributed by atoms with Gasteiger partial charge in [-0.2, -0.15) is 0 Å². The normalized spacial score (nSPS) is 16.2. The van der Waals surface area contributed by atoms with Crippen molar-refractivity contribution in [2.24, 2.45) is 5.92 Å². The summed E-state index contributed by atoms with van der Waals surface area (Å²) in [6, 6.07) is 6.52. The molecule has 1 aliphatic rings. The van der Waals surface area contributed by atoms with E-state index < -0.39 is 0 Å². The third-order valence-corrected chi connectivity index (χ3v) is 2.96. The van der Waals surface area contributed by atoms with E-state index in [1.54, 1.807) is 0 Å². The van der Waals surface area contributed by atoms with Crippen LogP contribution in [0.15, 0.2) is 18.2 Å². The van der Waals surface area contributed by atoms with Gasteiger partial charge in [0.1, 0.15) is 5.75 Å². The topological polar surface area (TPSA) is 12.5 Å². The molecule has 2 heteroatoms. The predicted octanol–water partition coefficient (Wildman–Crippen LogP) is 2.71. The second-order valence-electron chi connectivity index (χ2n) is 5.12. The first-order chi connectivity index (χ1) is 7.65. The molecule has 0 N–H and O–H groups in total. The van der Waals surface area contributed by atoms with E-state index >= 15 is 0 Å². The third-order valence-electron chi connectivity index (χ3n) is 2.96. The molecule has 0 amide bonds. The van der Waals surface area contributed by atoms with Gasteiger partial charge >= 0.3 is 0 Å². The van der Waals surface area contributed by atoms with Crippen molar-refractivity contribution in [1.82, 2.24) is 4.90 Å². The van der Waals surface area contributed by atoms with Gasteiger partial charge in [-0.1, -0.05) is 19.9 Å². The minimum absolute atomic E-state index is 0.585. The summed E-state index contributed by atoms with van der Waals surface area (Å²) in [4.78, 5) is 2.36. The fourth-order valence-electron chi connectivity index (χ4n) is 2.02. The van der Waals surface area contributed by atoms with Crippen molar-refractivity contribution in [2.45, 2.75) is 26.8 Å². The number of hydrogen-bond donors (Lipinski definition) is 0. The Balaban J connectivity index is 2.07. The molecule has 1 aliphatic heterocycles. The van der Waals surface area contributed by atoms with Crippen molar-refractivity contribution < 1.29 is 4.74 Å². The maximum Gasteiger partial charge on any atom is 0.119 e. The van der Waals surface area contributed by atoms with Gasteiger partial charge in [-0.05, 0) is 42.6 Å². The molecule has 0 aromatic heterocycles. The molecule has 0 radical (unpaired) electrons. The van der Waals surface area contributed by atoms with Crippen molar-refractivity contribution in [1.29, 1.82) is 0 Å². The van der Waals surface area contributed by atoms with Gasteiger partial charge in [-0.15, -0.1) is 0 Å². The molecule has 2 nitrogen and oxygen atoms in total. The number of nitrogens with zero attached hydrogens (tertiary/aromatic N) is 1. The van der Waals surface area contributed by atoms with Crippen molar-refractivity contribution in [3.63, 3.8) is 0 Å². The van der Waals surface area contributed by atoms with E-state index in [2.05, 4.69) is 44.0 Å². The molecule has 1 aromatic carbocycles. The highest BCUT2D eigenvalue weighted by Crippen LogP contribution is 2.23. The summed E-state index contributed by atoms with van der Waals surface area (Å²) in [7, 11) is 2.17. The molecule has 0 spiro atoms. The Labute approximate surface area is 98.2 Å². The number of likely N-dealkylation sites (N-methyl/N-ethyl adjacent to an activating group) is 1. The van der Waals surface area contributed by atoms with Crippen molar-refractivity contribution in [2.75, 3.05) is 20.2 Å². The summed E-state index contributed by atoms with van der Waals surface area (Å²) >= 11 is 0. The summed E-state index contributed by atoms with van der Waals surface area (Å²) in [6.45, 7) is 7.37. The van der Waals surface area contributed by atoms with E-state index in [1.807, 2.05) is 0 Å². The molecule has 0 unspecified atom stereocenters. The first-order valence-corrected chi connectivity index (χ1v) is 6.08. The molecule has 0 fully saturated rings. The quantitative estimate of drug-likeness (QED) is 0.775. The highest BCUT2D eigenvalue weighted by atomic mass is 16.5. The maximum atomic E-state index is 5.75. The molecule has 2 rings (SSSR count). The minimum Gasteiger partial charge on any atom is -0.493 e.